The first-order valence-corrected chi connectivity index (χ1v) is 6.05. The minimum Gasteiger partial charge on any atom is -0.354 e. The number of carbonyl (C=O) groups is 1. The van der Waals surface area contributed by atoms with Crippen LogP contribution in [0.15, 0.2) is 12.4 Å². The van der Waals surface area contributed by atoms with Crippen LogP contribution in [0.1, 0.15) is 25.8 Å². The van der Waals surface area contributed by atoms with Gasteiger partial charge in [0, 0.05) is 19.8 Å². The molecule has 1 heterocycles. The maximum Gasteiger partial charge on any atom is 0.237 e. The zero-order chi connectivity index (χ0) is 12.8. The number of aryl methyl sites for hydroxylation is 1. The van der Waals surface area contributed by atoms with E-state index < -0.39 is 6.04 Å². The summed E-state index contributed by atoms with van der Waals surface area (Å²) >= 11 is 0. The van der Waals surface area contributed by atoms with Crippen LogP contribution in [-0.2, 0) is 18.3 Å². The van der Waals surface area contributed by atoms with Crippen molar-refractivity contribution in [2.24, 2.45) is 18.7 Å². The van der Waals surface area contributed by atoms with Gasteiger partial charge in [0.1, 0.15) is 0 Å². The lowest BCUT2D eigenvalue weighted by Gasteiger charge is -2.17. The molecule has 0 radical (unpaired) electrons. The third-order valence-electron chi connectivity index (χ3n) is 3.03. The maximum atomic E-state index is 11.7. The normalized spacial score (nSPS) is 14.4. The van der Waals surface area contributed by atoms with Gasteiger partial charge in [0.25, 0.3) is 0 Å². The lowest BCUT2D eigenvalue weighted by atomic mass is 9.99. The van der Waals surface area contributed by atoms with E-state index in [-0.39, 0.29) is 11.8 Å². The smallest absolute Gasteiger partial charge is 0.237 e. The summed E-state index contributed by atoms with van der Waals surface area (Å²) in [5.74, 6) is 0.150. The molecular weight excluding hydrogens is 216 g/mol. The maximum absolute atomic E-state index is 11.7. The van der Waals surface area contributed by atoms with Crippen LogP contribution in [0.2, 0.25) is 0 Å². The topological polar surface area (TPSA) is 72.9 Å². The number of aromatic nitrogens is 2. The molecule has 96 valence electrons. The molecule has 3 N–H and O–H groups in total. The molecule has 0 aliphatic carbocycles. The average Bonchev–Trinajstić information content (AvgIpc) is 2.72. The molecule has 0 aliphatic heterocycles. The molecule has 0 saturated heterocycles. The molecule has 0 spiro atoms. The molecule has 0 aromatic carbocycles. The van der Waals surface area contributed by atoms with Gasteiger partial charge >= 0.3 is 0 Å². The van der Waals surface area contributed by atoms with Crippen LogP contribution in [0, 0.1) is 5.92 Å². The Bertz CT molecular complexity index is 361. The summed E-state index contributed by atoms with van der Waals surface area (Å²) in [6.45, 7) is 4.63. The van der Waals surface area contributed by atoms with E-state index in [9.17, 15) is 4.79 Å². The van der Waals surface area contributed by atoms with E-state index >= 15 is 0 Å². The zero-order valence-electron chi connectivity index (χ0n) is 10.8. The number of hydrogen-bond acceptors (Lipinski definition) is 3. The predicted octanol–water partition coefficient (Wildman–Crippen LogP) is 0.452. The van der Waals surface area contributed by atoms with E-state index in [1.54, 1.807) is 10.9 Å². The lowest BCUT2D eigenvalue weighted by molar-refractivity contribution is -0.123. The summed E-state index contributed by atoms with van der Waals surface area (Å²) in [6, 6.07) is -0.408. The third-order valence-corrected chi connectivity index (χ3v) is 3.03. The van der Waals surface area contributed by atoms with Crippen molar-refractivity contribution >= 4 is 5.91 Å². The number of carbonyl (C=O) groups excluding carboxylic acids is 1. The summed E-state index contributed by atoms with van der Waals surface area (Å²) in [7, 11) is 1.88. The highest BCUT2D eigenvalue weighted by Crippen LogP contribution is 2.05. The lowest BCUT2D eigenvalue weighted by Crippen LogP contribution is -2.45. The second-order valence-corrected chi connectivity index (χ2v) is 4.47. The van der Waals surface area contributed by atoms with Crippen LogP contribution < -0.4 is 11.1 Å². The van der Waals surface area contributed by atoms with Gasteiger partial charge in [-0.15, -0.1) is 0 Å². The van der Waals surface area contributed by atoms with Crippen molar-refractivity contribution in [3.8, 4) is 0 Å². The first-order valence-electron chi connectivity index (χ1n) is 6.05. The highest BCUT2D eigenvalue weighted by Gasteiger charge is 2.18. The number of nitrogens with one attached hydrogen (secondary N) is 1. The fourth-order valence-electron chi connectivity index (χ4n) is 1.56. The van der Waals surface area contributed by atoms with Crippen molar-refractivity contribution < 1.29 is 4.79 Å². The Morgan fingerprint density at radius 2 is 2.35 bits per heavy atom. The molecule has 1 aromatic rings. The second kappa shape index (κ2) is 6.39. The van der Waals surface area contributed by atoms with Crippen molar-refractivity contribution in [2.75, 3.05) is 6.54 Å². The summed E-state index contributed by atoms with van der Waals surface area (Å²) in [5, 5.41) is 6.92. The summed E-state index contributed by atoms with van der Waals surface area (Å²) in [5.41, 5.74) is 6.94. The van der Waals surface area contributed by atoms with E-state index in [1.807, 2.05) is 27.1 Å². The van der Waals surface area contributed by atoms with Gasteiger partial charge in [-0.05, 0) is 17.9 Å². The largest absolute Gasteiger partial charge is 0.354 e. The van der Waals surface area contributed by atoms with Crippen molar-refractivity contribution in [2.45, 2.75) is 32.7 Å². The Morgan fingerprint density at radius 3 is 2.88 bits per heavy atom. The Hall–Kier alpha value is -1.36. The molecule has 2 atom stereocenters. The number of nitrogens with zero attached hydrogens (tertiary/aromatic N) is 2. The summed E-state index contributed by atoms with van der Waals surface area (Å²) < 4.78 is 1.75. The van der Waals surface area contributed by atoms with Gasteiger partial charge in [0.2, 0.25) is 5.91 Å². The molecule has 5 nitrogen and oxygen atoms in total. The summed E-state index contributed by atoms with van der Waals surface area (Å²) in [6.07, 6.45) is 5.45. The minimum atomic E-state index is -0.408. The fraction of sp³-hybridized carbons (Fsp3) is 0.667. The van der Waals surface area contributed by atoms with Crippen molar-refractivity contribution in [3.05, 3.63) is 18.0 Å². The quantitative estimate of drug-likeness (QED) is 0.756. The van der Waals surface area contributed by atoms with E-state index in [2.05, 4.69) is 10.4 Å². The van der Waals surface area contributed by atoms with Gasteiger partial charge in [-0.25, -0.2) is 0 Å². The van der Waals surface area contributed by atoms with E-state index in [0.29, 0.717) is 6.54 Å². The monoisotopic (exact) mass is 238 g/mol. The van der Waals surface area contributed by atoms with Crippen LogP contribution in [0.5, 0.6) is 0 Å². The molecule has 0 fully saturated rings. The highest BCUT2D eigenvalue weighted by atomic mass is 16.2. The van der Waals surface area contributed by atoms with E-state index in [4.69, 9.17) is 5.73 Å². The minimum absolute atomic E-state index is 0.0664. The van der Waals surface area contributed by atoms with Crippen molar-refractivity contribution in [3.63, 3.8) is 0 Å². The molecule has 0 saturated carbocycles. The van der Waals surface area contributed by atoms with Gasteiger partial charge < -0.3 is 11.1 Å². The molecular formula is C12H22N4O. The first-order chi connectivity index (χ1) is 8.04. The van der Waals surface area contributed by atoms with Gasteiger partial charge in [-0.1, -0.05) is 20.3 Å². The standard InChI is InChI=1S/C12H22N4O/c1-4-9(2)11(13)12(17)14-6-5-10-7-15-16(3)8-10/h7-9,11H,4-6,13H2,1-3H3,(H,14,17)/t9-,11-/m0/s1. The van der Waals surface area contributed by atoms with Crippen molar-refractivity contribution in [1.82, 2.24) is 15.1 Å². The molecule has 0 aliphatic rings. The molecule has 1 aromatic heterocycles. The number of amides is 1. The average molecular weight is 238 g/mol. The van der Waals surface area contributed by atoms with Crippen LogP contribution in [-0.4, -0.2) is 28.3 Å². The fourth-order valence-corrected chi connectivity index (χ4v) is 1.56. The van der Waals surface area contributed by atoms with Gasteiger partial charge in [-0.2, -0.15) is 5.10 Å². The molecule has 1 rings (SSSR count). The van der Waals surface area contributed by atoms with Crippen LogP contribution >= 0.6 is 0 Å². The van der Waals surface area contributed by atoms with Gasteiger partial charge in [0.05, 0.1) is 12.2 Å². The first kappa shape index (κ1) is 13.7. The molecule has 1 amide bonds. The van der Waals surface area contributed by atoms with E-state index in [0.717, 1.165) is 18.4 Å². The molecule has 0 bridgehead atoms. The highest BCUT2D eigenvalue weighted by molar-refractivity contribution is 5.81. The Labute approximate surface area is 102 Å². The van der Waals surface area contributed by atoms with Gasteiger partial charge in [-0.3, -0.25) is 9.48 Å². The van der Waals surface area contributed by atoms with Gasteiger partial charge in [0.15, 0.2) is 0 Å². The zero-order valence-corrected chi connectivity index (χ0v) is 10.8. The number of nitrogens with two attached hydrogens (primary N) is 1. The second-order valence-electron chi connectivity index (χ2n) is 4.47. The van der Waals surface area contributed by atoms with Crippen LogP contribution in [0.4, 0.5) is 0 Å². The molecule has 0 unspecified atom stereocenters. The molecule has 17 heavy (non-hydrogen) atoms. The SMILES string of the molecule is CC[C@H](C)[C@H](N)C(=O)NCCc1cnn(C)c1. The Balaban J connectivity index is 2.29. The van der Waals surface area contributed by atoms with Crippen LogP contribution in [0.3, 0.4) is 0 Å². The Kier molecular flexibility index (Phi) is 5.15. The van der Waals surface area contributed by atoms with Crippen molar-refractivity contribution in [1.29, 1.82) is 0 Å². The summed E-state index contributed by atoms with van der Waals surface area (Å²) in [4.78, 5) is 11.7. The third kappa shape index (κ3) is 4.19. The molecule has 5 heteroatoms. The number of rotatable bonds is 6. The predicted molar refractivity (Wildman–Crippen MR) is 67.4 cm³/mol. The Morgan fingerprint density at radius 1 is 1.65 bits per heavy atom. The van der Waals surface area contributed by atoms with E-state index in [1.165, 1.54) is 0 Å². The number of hydrogen-bond donors (Lipinski definition) is 2. The van der Waals surface area contributed by atoms with Crippen LogP contribution in [0.25, 0.3) is 0 Å².